The number of piperidine rings is 1. The monoisotopic (exact) mass is 549 g/mol. The van der Waals surface area contributed by atoms with Crippen LogP contribution in [0, 0.1) is 5.82 Å². The highest BCUT2D eigenvalue weighted by Crippen LogP contribution is 2.37. The third-order valence-corrected chi connectivity index (χ3v) is 7.33. The van der Waals surface area contributed by atoms with Crippen LogP contribution in [-0.2, 0) is 4.74 Å². The maximum Gasteiger partial charge on any atom is 0.166 e. The van der Waals surface area contributed by atoms with E-state index < -0.39 is 5.82 Å². The maximum atomic E-state index is 14.7. The van der Waals surface area contributed by atoms with E-state index in [1.54, 1.807) is 0 Å². The normalized spacial score (nSPS) is 17.2. The number of hydrogen-bond donors (Lipinski definition) is 2. The van der Waals surface area contributed by atoms with Crippen LogP contribution in [0.1, 0.15) is 19.3 Å². The first kappa shape index (κ1) is 26.2. The lowest BCUT2D eigenvalue weighted by Gasteiger charge is -2.27. The van der Waals surface area contributed by atoms with Crippen molar-refractivity contribution in [1.82, 2.24) is 20.2 Å². The molecule has 3 heterocycles. The lowest BCUT2D eigenvalue weighted by atomic mass is 10.1. The summed E-state index contributed by atoms with van der Waals surface area (Å²) < 4.78 is 32.8. The van der Waals surface area contributed by atoms with Gasteiger partial charge in [0.05, 0.1) is 41.1 Å². The molecule has 37 heavy (non-hydrogen) atoms. The molecular weight excluding hydrogens is 520 g/mol. The molecule has 0 bridgehead atoms. The molecule has 2 aromatic carbocycles. The predicted octanol–water partition coefficient (Wildman–Crippen LogP) is 5.05. The number of halogens is 3. The summed E-state index contributed by atoms with van der Waals surface area (Å²) in [4.78, 5) is 11.2. The molecule has 8 nitrogen and oxygen atoms in total. The standard InChI is InChI=1S/C26H30Cl2FN5O3/c27-19-2-3-20(25(29)24(19)28)33-26-18-14-23(37-17-4-6-30-7-5-17)22(15-21(18)31-16-32-26)36-11-1-8-34-9-12-35-13-10-34/h2-3,14-17,30H,1,4-13H2,(H,31,32,33). The van der Waals surface area contributed by atoms with Crippen LogP contribution in [-0.4, -0.2) is 73.5 Å². The third-order valence-electron chi connectivity index (χ3n) is 6.55. The molecule has 0 saturated carbocycles. The first-order chi connectivity index (χ1) is 18.1. The van der Waals surface area contributed by atoms with E-state index in [9.17, 15) is 4.39 Å². The van der Waals surface area contributed by atoms with Crippen molar-refractivity contribution in [1.29, 1.82) is 0 Å². The average molecular weight is 550 g/mol. The summed E-state index contributed by atoms with van der Waals surface area (Å²) in [7, 11) is 0. The van der Waals surface area contributed by atoms with Crippen LogP contribution in [0.3, 0.4) is 0 Å². The van der Waals surface area contributed by atoms with Gasteiger partial charge >= 0.3 is 0 Å². The smallest absolute Gasteiger partial charge is 0.166 e. The van der Waals surface area contributed by atoms with E-state index in [0.29, 0.717) is 34.8 Å². The molecule has 0 atom stereocenters. The van der Waals surface area contributed by atoms with Crippen LogP contribution in [0.25, 0.3) is 10.9 Å². The summed E-state index contributed by atoms with van der Waals surface area (Å²) in [5.74, 6) is 1.04. The van der Waals surface area contributed by atoms with Crippen molar-refractivity contribution in [3.63, 3.8) is 0 Å². The summed E-state index contributed by atoms with van der Waals surface area (Å²) in [6.45, 7) is 6.77. The van der Waals surface area contributed by atoms with Gasteiger partial charge in [-0.3, -0.25) is 4.90 Å². The number of nitrogens with one attached hydrogen (secondary N) is 2. The molecule has 0 unspecified atom stereocenters. The highest BCUT2D eigenvalue weighted by molar-refractivity contribution is 6.42. The van der Waals surface area contributed by atoms with E-state index in [1.807, 2.05) is 12.1 Å². The van der Waals surface area contributed by atoms with E-state index >= 15 is 0 Å². The van der Waals surface area contributed by atoms with Crippen LogP contribution in [0.5, 0.6) is 11.5 Å². The van der Waals surface area contributed by atoms with Gasteiger partial charge in [-0.25, -0.2) is 14.4 Å². The largest absolute Gasteiger partial charge is 0.490 e. The molecule has 2 aliphatic rings. The van der Waals surface area contributed by atoms with Gasteiger partial charge in [0.25, 0.3) is 0 Å². The minimum absolute atomic E-state index is 0.0722. The Bertz CT molecular complexity index is 1220. The minimum atomic E-state index is -0.646. The Morgan fingerprint density at radius 3 is 2.73 bits per heavy atom. The zero-order valence-electron chi connectivity index (χ0n) is 20.4. The lowest BCUT2D eigenvalue weighted by molar-refractivity contribution is 0.0357. The molecule has 2 saturated heterocycles. The summed E-state index contributed by atoms with van der Waals surface area (Å²) in [5.41, 5.74) is 0.817. The van der Waals surface area contributed by atoms with Gasteiger partial charge in [0.2, 0.25) is 0 Å². The molecular formula is C26H30Cl2FN5O3. The van der Waals surface area contributed by atoms with Gasteiger partial charge < -0.3 is 24.8 Å². The van der Waals surface area contributed by atoms with E-state index in [4.69, 9.17) is 37.4 Å². The van der Waals surface area contributed by atoms with E-state index in [-0.39, 0.29) is 21.8 Å². The van der Waals surface area contributed by atoms with Crippen LogP contribution in [0.2, 0.25) is 10.0 Å². The molecule has 0 spiro atoms. The van der Waals surface area contributed by atoms with E-state index in [2.05, 4.69) is 25.5 Å². The first-order valence-electron chi connectivity index (χ1n) is 12.6. The molecule has 0 amide bonds. The average Bonchev–Trinajstić information content (AvgIpc) is 2.93. The van der Waals surface area contributed by atoms with Crippen LogP contribution >= 0.6 is 23.2 Å². The fraction of sp³-hybridized carbons (Fsp3) is 0.462. The molecule has 0 radical (unpaired) electrons. The molecule has 5 rings (SSSR count). The number of hydrogen-bond acceptors (Lipinski definition) is 8. The van der Waals surface area contributed by atoms with E-state index in [1.165, 1.54) is 18.5 Å². The van der Waals surface area contributed by atoms with Crippen LogP contribution < -0.4 is 20.1 Å². The van der Waals surface area contributed by atoms with Crippen molar-refractivity contribution < 1.29 is 18.6 Å². The predicted molar refractivity (Wildman–Crippen MR) is 143 cm³/mol. The van der Waals surface area contributed by atoms with Crippen molar-refractivity contribution >= 4 is 45.6 Å². The minimum Gasteiger partial charge on any atom is -0.490 e. The number of anilines is 2. The first-order valence-corrected chi connectivity index (χ1v) is 13.3. The second kappa shape index (κ2) is 12.4. The number of morpholine rings is 1. The van der Waals surface area contributed by atoms with Crippen LogP contribution in [0.15, 0.2) is 30.6 Å². The lowest BCUT2D eigenvalue weighted by Crippen LogP contribution is -2.37. The van der Waals surface area contributed by atoms with Gasteiger partial charge in [-0.05, 0) is 50.6 Å². The summed E-state index contributed by atoms with van der Waals surface area (Å²) in [5, 5.41) is 7.06. The van der Waals surface area contributed by atoms with Crippen molar-refractivity contribution in [2.75, 3.05) is 57.9 Å². The molecule has 2 N–H and O–H groups in total. The number of fused-ring (bicyclic) bond motifs is 1. The highest BCUT2D eigenvalue weighted by Gasteiger charge is 2.20. The van der Waals surface area contributed by atoms with E-state index in [0.717, 1.165) is 65.2 Å². The highest BCUT2D eigenvalue weighted by atomic mass is 35.5. The molecule has 11 heteroatoms. The second-order valence-corrected chi connectivity index (χ2v) is 9.89. The van der Waals surface area contributed by atoms with Gasteiger partial charge in [-0.1, -0.05) is 23.2 Å². The Kier molecular flexibility index (Phi) is 8.78. The number of aromatic nitrogens is 2. The molecule has 198 valence electrons. The third kappa shape index (κ3) is 6.53. The Morgan fingerprint density at radius 2 is 1.92 bits per heavy atom. The van der Waals surface area contributed by atoms with Crippen molar-refractivity contribution in [3.05, 3.63) is 46.5 Å². The van der Waals surface area contributed by atoms with Gasteiger partial charge in [0.15, 0.2) is 17.3 Å². The molecule has 3 aromatic rings. The number of ether oxygens (including phenoxy) is 3. The zero-order chi connectivity index (χ0) is 25.6. The van der Waals surface area contributed by atoms with Crippen LogP contribution in [0.4, 0.5) is 15.9 Å². The van der Waals surface area contributed by atoms with Gasteiger partial charge in [0, 0.05) is 31.1 Å². The Balaban J connectivity index is 1.39. The van der Waals surface area contributed by atoms with Gasteiger partial charge in [-0.2, -0.15) is 0 Å². The van der Waals surface area contributed by atoms with Crippen molar-refractivity contribution in [2.24, 2.45) is 0 Å². The topological polar surface area (TPSA) is 80.8 Å². The maximum absolute atomic E-state index is 14.7. The van der Waals surface area contributed by atoms with Gasteiger partial charge in [-0.15, -0.1) is 0 Å². The number of benzene rings is 2. The summed E-state index contributed by atoms with van der Waals surface area (Å²) in [6.07, 6.45) is 4.19. The fourth-order valence-electron chi connectivity index (χ4n) is 4.51. The van der Waals surface area contributed by atoms with Crippen molar-refractivity contribution in [2.45, 2.75) is 25.4 Å². The van der Waals surface area contributed by atoms with Gasteiger partial charge in [0.1, 0.15) is 18.2 Å². The number of rotatable bonds is 9. The molecule has 0 aliphatic carbocycles. The second-order valence-electron chi connectivity index (χ2n) is 9.11. The summed E-state index contributed by atoms with van der Waals surface area (Å²) in [6, 6.07) is 6.79. The molecule has 1 aromatic heterocycles. The fourth-order valence-corrected chi connectivity index (χ4v) is 4.82. The Hall–Kier alpha value is -2.43. The zero-order valence-corrected chi connectivity index (χ0v) is 22.0. The Morgan fingerprint density at radius 1 is 1.11 bits per heavy atom. The molecule has 2 aliphatic heterocycles. The SMILES string of the molecule is Fc1c(Nc2ncnc3cc(OCCCN4CCOCC4)c(OC4CCNCC4)cc23)ccc(Cl)c1Cl. The quantitative estimate of drug-likeness (QED) is 0.283. The van der Waals surface area contributed by atoms with Crippen molar-refractivity contribution in [3.8, 4) is 11.5 Å². The summed E-state index contributed by atoms with van der Waals surface area (Å²) >= 11 is 11.9. The Labute approximate surface area is 225 Å². The molecule has 2 fully saturated rings. The number of nitrogens with zero attached hydrogens (tertiary/aromatic N) is 3.